The molecule has 3 N–H and O–H groups in total. The van der Waals surface area contributed by atoms with Gasteiger partial charge in [0.05, 0.1) is 5.56 Å². The molecule has 1 aliphatic heterocycles. The predicted octanol–water partition coefficient (Wildman–Crippen LogP) is 0.901. The molecular formula is C10H13N3O. The summed E-state index contributed by atoms with van der Waals surface area (Å²) in [6.07, 6.45) is 4.77. The van der Waals surface area contributed by atoms with E-state index in [0.717, 1.165) is 24.8 Å². The quantitative estimate of drug-likeness (QED) is 0.681. The highest BCUT2D eigenvalue weighted by Gasteiger charge is 2.17. The Bertz CT molecular complexity index is 345. The molecule has 2 rings (SSSR count). The maximum atomic E-state index is 10.7. The SMILES string of the molecule is Nc1ncc(C2CCCN2)cc1C=O. The summed E-state index contributed by atoms with van der Waals surface area (Å²) < 4.78 is 0. The van der Waals surface area contributed by atoms with Gasteiger partial charge in [-0.25, -0.2) is 4.98 Å². The van der Waals surface area contributed by atoms with Crippen LogP contribution in [0.5, 0.6) is 0 Å². The Morgan fingerprint density at radius 3 is 3.14 bits per heavy atom. The van der Waals surface area contributed by atoms with Crippen LogP contribution >= 0.6 is 0 Å². The second-order valence-corrected chi connectivity index (χ2v) is 3.51. The predicted molar refractivity (Wildman–Crippen MR) is 54.0 cm³/mol. The second-order valence-electron chi connectivity index (χ2n) is 3.51. The molecule has 1 aromatic heterocycles. The van der Waals surface area contributed by atoms with Crippen molar-refractivity contribution in [2.24, 2.45) is 0 Å². The Morgan fingerprint density at radius 2 is 2.50 bits per heavy atom. The molecule has 74 valence electrons. The van der Waals surface area contributed by atoms with Gasteiger partial charge in [0, 0.05) is 12.2 Å². The van der Waals surface area contributed by atoms with Crippen LogP contribution < -0.4 is 11.1 Å². The first-order valence-corrected chi connectivity index (χ1v) is 4.75. The lowest BCUT2D eigenvalue weighted by molar-refractivity contribution is 0.112. The van der Waals surface area contributed by atoms with Crippen molar-refractivity contribution in [3.63, 3.8) is 0 Å². The smallest absolute Gasteiger partial charge is 0.153 e. The minimum Gasteiger partial charge on any atom is -0.383 e. The molecule has 1 aromatic rings. The third-order valence-electron chi connectivity index (χ3n) is 2.56. The van der Waals surface area contributed by atoms with E-state index in [1.165, 1.54) is 6.42 Å². The Kier molecular flexibility index (Phi) is 2.45. The summed E-state index contributed by atoms with van der Waals surface area (Å²) in [7, 11) is 0. The summed E-state index contributed by atoms with van der Waals surface area (Å²) in [4.78, 5) is 14.7. The Balaban J connectivity index is 2.30. The van der Waals surface area contributed by atoms with Crippen molar-refractivity contribution in [1.82, 2.24) is 10.3 Å². The van der Waals surface area contributed by atoms with E-state index in [1.807, 2.05) is 6.07 Å². The molecule has 1 fully saturated rings. The zero-order chi connectivity index (χ0) is 9.97. The van der Waals surface area contributed by atoms with E-state index in [0.29, 0.717) is 17.4 Å². The van der Waals surface area contributed by atoms with E-state index in [4.69, 9.17) is 5.73 Å². The highest BCUT2D eigenvalue weighted by molar-refractivity contribution is 5.81. The van der Waals surface area contributed by atoms with Gasteiger partial charge in [-0.1, -0.05) is 0 Å². The fraction of sp³-hybridized carbons (Fsp3) is 0.400. The molecule has 0 spiro atoms. The minimum atomic E-state index is 0.307. The molecule has 2 heterocycles. The zero-order valence-corrected chi connectivity index (χ0v) is 7.86. The number of anilines is 1. The maximum Gasteiger partial charge on any atom is 0.153 e. The molecule has 1 unspecified atom stereocenters. The molecule has 0 saturated carbocycles. The third-order valence-corrected chi connectivity index (χ3v) is 2.56. The number of carbonyl (C=O) groups excluding carboxylic acids is 1. The van der Waals surface area contributed by atoms with Gasteiger partial charge in [0.15, 0.2) is 6.29 Å². The number of nitrogen functional groups attached to an aromatic ring is 1. The summed E-state index contributed by atoms with van der Waals surface area (Å²) in [5.41, 5.74) is 7.07. The van der Waals surface area contributed by atoms with Crippen LogP contribution in [-0.4, -0.2) is 17.8 Å². The highest BCUT2D eigenvalue weighted by atomic mass is 16.1. The second kappa shape index (κ2) is 3.75. The summed E-state index contributed by atoms with van der Waals surface area (Å²) in [6.45, 7) is 1.03. The van der Waals surface area contributed by atoms with Crippen molar-refractivity contribution in [2.45, 2.75) is 18.9 Å². The third kappa shape index (κ3) is 1.61. The van der Waals surface area contributed by atoms with Gasteiger partial charge in [0.2, 0.25) is 0 Å². The minimum absolute atomic E-state index is 0.307. The van der Waals surface area contributed by atoms with Crippen LogP contribution in [0, 0.1) is 0 Å². The number of hydrogen-bond acceptors (Lipinski definition) is 4. The molecule has 1 aliphatic rings. The summed E-state index contributed by atoms with van der Waals surface area (Å²) >= 11 is 0. The lowest BCUT2D eigenvalue weighted by atomic mass is 10.1. The van der Waals surface area contributed by atoms with E-state index >= 15 is 0 Å². The molecule has 0 amide bonds. The number of aromatic nitrogens is 1. The fourth-order valence-corrected chi connectivity index (χ4v) is 1.76. The monoisotopic (exact) mass is 191 g/mol. The van der Waals surface area contributed by atoms with Crippen molar-refractivity contribution in [2.75, 3.05) is 12.3 Å². The lowest BCUT2D eigenvalue weighted by Crippen LogP contribution is -2.13. The van der Waals surface area contributed by atoms with Gasteiger partial charge < -0.3 is 11.1 Å². The largest absolute Gasteiger partial charge is 0.383 e. The molecule has 0 bridgehead atoms. The number of nitrogens with one attached hydrogen (secondary N) is 1. The number of nitrogens with zero attached hydrogens (tertiary/aromatic N) is 1. The Morgan fingerprint density at radius 1 is 1.64 bits per heavy atom. The van der Waals surface area contributed by atoms with Crippen LogP contribution in [0.4, 0.5) is 5.82 Å². The molecule has 1 atom stereocenters. The molecule has 0 radical (unpaired) electrons. The highest BCUT2D eigenvalue weighted by Crippen LogP contribution is 2.23. The lowest BCUT2D eigenvalue weighted by Gasteiger charge is -2.10. The van der Waals surface area contributed by atoms with Crippen molar-refractivity contribution in [1.29, 1.82) is 0 Å². The van der Waals surface area contributed by atoms with Crippen LogP contribution in [0.15, 0.2) is 12.3 Å². The summed E-state index contributed by atoms with van der Waals surface area (Å²) in [5.74, 6) is 0.307. The van der Waals surface area contributed by atoms with Crippen molar-refractivity contribution >= 4 is 12.1 Å². The first-order chi connectivity index (χ1) is 6.81. The normalized spacial score (nSPS) is 21.0. The van der Waals surface area contributed by atoms with Crippen LogP contribution in [-0.2, 0) is 0 Å². The van der Waals surface area contributed by atoms with E-state index in [-0.39, 0.29) is 0 Å². The van der Waals surface area contributed by atoms with Crippen LogP contribution in [0.1, 0.15) is 34.8 Å². The number of carbonyl (C=O) groups is 1. The molecule has 0 aromatic carbocycles. The summed E-state index contributed by atoms with van der Waals surface area (Å²) in [5, 5.41) is 3.35. The number of rotatable bonds is 2. The maximum absolute atomic E-state index is 10.7. The van der Waals surface area contributed by atoms with Gasteiger partial charge in [0.1, 0.15) is 5.82 Å². The number of aldehydes is 1. The molecule has 4 nitrogen and oxygen atoms in total. The zero-order valence-electron chi connectivity index (χ0n) is 7.86. The van der Waals surface area contributed by atoms with Gasteiger partial charge in [-0.15, -0.1) is 0 Å². The van der Waals surface area contributed by atoms with Crippen molar-refractivity contribution in [3.05, 3.63) is 23.4 Å². The Hall–Kier alpha value is -1.42. The van der Waals surface area contributed by atoms with Gasteiger partial charge >= 0.3 is 0 Å². The Labute approximate surface area is 82.5 Å². The van der Waals surface area contributed by atoms with Gasteiger partial charge in [-0.3, -0.25) is 4.79 Å². The summed E-state index contributed by atoms with van der Waals surface area (Å²) in [6, 6.07) is 2.15. The van der Waals surface area contributed by atoms with E-state index in [1.54, 1.807) is 6.20 Å². The van der Waals surface area contributed by atoms with Crippen LogP contribution in [0.2, 0.25) is 0 Å². The van der Waals surface area contributed by atoms with Crippen molar-refractivity contribution in [3.8, 4) is 0 Å². The van der Waals surface area contributed by atoms with E-state index < -0.39 is 0 Å². The molecule has 4 heteroatoms. The average Bonchev–Trinajstić information content (AvgIpc) is 2.71. The van der Waals surface area contributed by atoms with Crippen LogP contribution in [0.3, 0.4) is 0 Å². The topological polar surface area (TPSA) is 68.0 Å². The van der Waals surface area contributed by atoms with Gasteiger partial charge in [-0.05, 0) is 31.0 Å². The number of pyridine rings is 1. The molecule has 1 saturated heterocycles. The number of hydrogen-bond donors (Lipinski definition) is 2. The first-order valence-electron chi connectivity index (χ1n) is 4.75. The van der Waals surface area contributed by atoms with Crippen LogP contribution in [0.25, 0.3) is 0 Å². The standard InChI is InChI=1S/C10H13N3O/c11-10-8(6-14)4-7(5-13-10)9-2-1-3-12-9/h4-6,9,12H,1-3H2,(H2,11,13). The average molecular weight is 191 g/mol. The van der Waals surface area contributed by atoms with Gasteiger partial charge in [0.25, 0.3) is 0 Å². The molecule has 14 heavy (non-hydrogen) atoms. The molecule has 0 aliphatic carbocycles. The van der Waals surface area contributed by atoms with Gasteiger partial charge in [-0.2, -0.15) is 0 Å². The van der Waals surface area contributed by atoms with Crippen molar-refractivity contribution < 1.29 is 4.79 Å². The fourth-order valence-electron chi connectivity index (χ4n) is 1.76. The van der Waals surface area contributed by atoms with E-state index in [2.05, 4.69) is 10.3 Å². The first kappa shape index (κ1) is 9.15. The number of nitrogens with two attached hydrogens (primary N) is 1. The molecular weight excluding hydrogens is 178 g/mol. The van der Waals surface area contributed by atoms with E-state index in [9.17, 15) is 4.79 Å².